The molecule has 3 N–H and O–H groups in total. The lowest BCUT2D eigenvalue weighted by Gasteiger charge is -2.14. The van der Waals surface area contributed by atoms with E-state index in [-0.39, 0.29) is 5.91 Å². The highest BCUT2D eigenvalue weighted by atomic mass is 35.5. The normalized spacial score (nSPS) is 12.2. The van der Waals surface area contributed by atoms with Crippen LogP contribution < -0.4 is 11.1 Å². The van der Waals surface area contributed by atoms with Crippen LogP contribution in [-0.2, 0) is 4.79 Å². The summed E-state index contributed by atoms with van der Waals surface area (Å²) in [7, 11) is 0. The Balaban J connectivity index is 2.68. The van der Waals surface area contributed by atoms with Crippen LogP contribution in [-0.4, -0.2) is 24.0 Å². The van der Waals surface area contributed by atoms with Gasteiger partial charge >= 0.3 is 0 Å². The number of hydrogen-bond donors (Lipinski definition) is 2. The molecule has 0 bridgehead atoms. The summed E-state index contributed by atoms with van der Waals surface area (Å²) >= 11 is 7.70. The average Bonchev–Trinajstić information content (AvgIpc) is 2.30. The van der Waals surface area contributed by atoms with Crippen molar-refractivity contribution in [1.29, 1.82) is 0 Å². The third kappa shape index (κ3) is 4.22. The molecule has 3 nitrogen and oxygen atoms in total. The molecule has 1 aromatic carbocycles. The summed E-state index contributed by atoms with van der Waals surface area (Å²) in [4.78, 5) is 11.8. The van der Waals surface area contributed by atoms with Gasteiger partial charge in [0.25, 0.3) is 0 Å². The number of para-hydroxylation sites is 1. The Kier molecular flexibility index (Phi) is 5.82. The van der Waals surface area contributed by atoms with Crippen LogP contribution in [0.15, 0.2) is 18.2 Å². The van der Waals surface area contributed by atoms with Gasteiger partial charge in [-0.1, -0.05) is 23.7 Å². The molecular weight excluding hydrogens is 256 g/mol. The van der Waals surface area contributed by atoms with E-state index in [4.69, 9.17) is 17.3 Å². The number of halogens is 1. The molecule has 0 aliphatic rings. The zero-order valence-corrected chi connectivity index (χ0v) is 11.6. The molecule has 0 radical (unpaired) electrons. The van der Waals surface area contributed by atoms with E-state index in [1.165, 1.54) is 0 Å². The molecule has 0 aliphatic heterocycles. The lowest BCUT2D eigenvalue weighted by Crippen LogP contribution is -2.36. The van der Waals surface area contributed by atoms with Crippen molar-refractivity contribution in [3.8, 4) is 0 Å². The maximum Gasteiger partial charge on any atom is 0.241 e. The number of amides is 1. The molecule has 5 heteroatoms. The van der Waals surface area contributed by atoms with Gasteiger partial charge in [-0.15, -0.1) is 0 Å². The lowest BCUT2D eigenvalue weighted by molar-refractivity contribution is -0.117. The van der Waals surface area contributed by atoms with Crippen LogP contribution >= 0.6 is 23.4 Å². The molecule has 0 saturated heterocycles. The Bertz CT molecular complexity index is 378. The fraction of sp³-hybridized carbons (Fsp3) is 0.417. The first-order valence-electron chi connectivity index (χ1n) is 5.36. The van der Waals surface area contributed by atoms with Crippen molar-refractivity contribution in [3.63, 3.8) is 0 Å². The van der Waals surface area contributed by atoms with Crippen molar-refractivity contribution in [2.75, 3.05) is 17.3 Å². The summed E-state index contributed by atoms with van der Waals surface area (Å²) in [6.45, 7) is 1.90. The van der Waals surface area contributed by atoms with Crippen LogP contribution in [0.5, 0.6) is 0 Å². The fourth-order valence-corrected chi connectivity index (χ4v) is 2.14. The summed E-state index contributed by atoms with van der Waals surface area (Å²) in [5, 5.41) is 3.32. The first-order chi connectivity index (χ1) is 8.06. The third-order valence-electron chi connectivity index (χ3n) is 2.44. The van der Waals surface area contributed by atoms with E-state index in [9.17, 15) is 4.79 Å². The lowest BCUT2D eigenvalue weighted by atomic mass is 10.1. The summed E-state index contributed by atoms with van der Waals surface area (Å²) in [5.41, 5.74) is 7.37. The van der Waals surface area contributed by atoms with E-state index in [2.05, 4.69) is 5.32 Å². The first-order valence-corrected chi connectivity index (χ1v) is 7.14. The topological polar surface area (TPSA) is 55.1 Å². The number of rotatable bonds is 5. The Morgan fingerprint density at radius 2 is 2.29 bits per heavy atom. The summed E-state index contributed by atoms with van der Waals surface area (Å²) < 4.78 is 0. The Morgan fingerprint density at radius 1 is 1.59 bits per heavy atom. The number of thioether (sulfide) groups is 1. The molecule has 1 rings (SSSR count). The highest BCUT2D eigenvalue weighted by Crippen LogP contribution is 2.25. The molecule has 1 amide bonds. The Hall–Kier alpha value is -0.710. The van der Waals surface area contributed by atoms with Crippen molar-refractivity contribution in [2.45, 2.75) is 19.4 Å². The predicted molar refractivity (Wildman–Crippen MR) is 75.8 cm³/mol. The molecule has 0 fully saturated rings. The van der Waals surface area contributed by atoms with Crippen LogP contribution in [0.1, 0.15) is 12.0 Å². The fourth-order valence-electron chi connectivity index (χ4n) is 1.38. The van der Waals surface area contributed by atoms with Gasteiger partial charge in [-0.2, -0.15) is 11.8 Å². The van der Waals surface area contributed by atoms with E-state index in [1.807, 2.05) is 25.3 Å². The van der Waals surface area contributed by atoms with Crippen LogP contribution in [0.4, 0.5) is 5.69 Å². The number of carbonyl (C=O) groups is 1. The minimum Gasteiger partial charge on any atom is -0.323 e. The van der Waals surface area contributed by atoms with Gasteiger partial charge in [-0.25, -0.2) is 0 Å². The van der Waals surface area contributed by atoms with Gasteiger partial charge in [0.2, 0.25) is 5.91 Å². The van der Waals surface area contributed by atoms with Gasteiger partial charge in [0.15, 0.2) is 0 Å². The standard InChI is InChI=1S/C12H17ClN2OS/c1-8-4-3-5-9(13)11(8)15-12(16)10(14)6-7-17-2/h3-5,10H,6-7,14H2,1-2H3,(H,15,16)/t10-/m1/s1. The smallest absolute Gasteiger partial charge is 0.241 e. The number of hydrogen-bond acceptors (Lipinski definition) is 3. The second kappa shape index (κ2) is 6.89. The number of benzene rings is 1. The molecule has 1 aromatic rings. The van der Waals surface area contributed by atoms with Crippen LogP contribution in [0, 0.1) is 6.92 Å². The van der Waals surface area contributed by atoms with Gasteiger partial charge in [0.1, 0.15) is 0 Å². The van der Waals surface area contributed by atoms with Crippen molar-refractivity contribution in [1.82, 2.24) is 0 Å². The zero-order valence-electron chi connectivity index (χ0n) is 10.00. The number of nitrogens with two attached hydrogens (primary N) is 1. The molecule has 0 unspecified atom stereocenters. The highest BCUT2D eigenvalue weighted by Gasteiger charge is 2.15. The monoisotopic (exact) mass is 272 g/mol. The van der Waals surface area contributed by atoms with Crippen molar-refractivity contribution >= 4 is 35.0 Å². The van der Waals surface area contributed by atoms with Gasteiger partial charge in [0.05, 0.1) is 16.8 Å². The van der Waals surface area contributed by atoms with Gasteiger partial charge in [-0.3, -0.25) is 4.79 Å². The summed E-state index contributed by atoms with van der Waals surface area (Å²) in [5.74, 6) is 0.686. The second-order valence-electron chi connectivity index (χ2n) is 3.81. The molecule has 0 heterocycles. The largest absolute Gasteiger partial charge is 0.323 e. The SMILES string of the molecule is CSCC[C@@H](N)C(=O)Nc1c(C)cccc1Cl. The minimum absolute atomic E-state index is 0.185. The molecule has 0 saturated carbocycles. The first kappa shape index (κ1) is 14.4. The van der Waals surface area contributed by atoms with Gasteiger partial charge in [0, 0.05) is 0 Å². The number of anilines is 1. The van der Waals surface area contributed by atoms with Crippen LogP contribution in [0.3, 0.4) is 0 Å². The highest BCUT2D eigenvalue weighted by molar-refractivity contribution is 7.98. The summed E-state index contributed by atoms with van der Waals surface area (Å²) in [6.07, 6.45) is 2.65. The van der Waals surface area contributed by atoms with Crippen LogP contribution in [0.2, 0.25) is 5.02 Å². The maximum absolute atomic E-state index is 11.8. The number of nitrogens with one attached hydrogen (secondary N) is 1. The Labute approximate surface area is 111 Å². The van der Waals surface area contributed by atoms with E-state index in [1.54, 1.807) is 17.8 Å². The van der Waals surface area contributed by atoms with Crippen molar-refractivity contribution in [3.05, 3.63) is 28.8 Å². The van der Waals surface area contributed by atoms with E-state index < -0.39 is 6.04 Å². The second-order valence-corrected chi connectivity index (χ2v) is 5.20. The molecule has 1 atom stereocenters. The van der Waals surface area contributed by atoms with E-state index in [0.29, 0.717) is 17.1 Å². The van der Waals surface area contributed by atoms with Crippen molar-refractivity contribution < 1.29 is 4.79 Å². The van der Waals surface area contributed by atoms with Gasteiger partial charge in [-0.05, 0) is 37.0 Å². The molecule has 0 spiro atoms. The summed E-state index contributed by atoms with van der Waals surface area (Å²) in [6, 6.07) is 5.01. The van der Waals surface area contributed by atoms with Crippen LogP contribution in [0.25, 0.3) is 0 Å². The minimum atomic E-state index is -0.488. The third-order valence-corrected chi connectivity index (χ3v) is 3.40. The molecule has 0 aliphatic carbocycles. The van der Waals surface area contributed by atoms with E-state index in [0.717, 1.165) is 11.3 Å². The Morgan fingerprint density at radius 3 is 2.88 bits per heavy atom. The maximum atomic E-state index is 11.8. The number of aryl methyl sites for hydroxylation is 1. The number of carbonyl (C=O) groups excluding carboxylic acids is 1. The quantitative estimate of drug-likeness (QED) is 0.866. The molecular formula is C12H17ClN2OS. The van der Waals surface area contributed by atoms with Gasteiger partial charge < -0.3 is 11.1 Å². The predicted octanol–water partition coefficient (Wildman–Crippen LogP) is 2.67. The van der Waals surface area contributed by atoms with E-state index >= 15 is 0 Å². The zero-order chi connectivity index (χ0) is 12.8. The van der Waals surface area contributed by atoms with Crippen molar-refractivity contribution in [2.24, 2.45) is 5.73 Å². The molecule has 17 heavy (non-hydrogen) atoms. The average molecular weight is 273 g/mol. The molecule has 0 aromatic heterocycles. The molecule has 94 valence electrons.